The second-order valence-corrected chi connectivity index (χ2v) is 3.18. The quantitative estimate of drug-likeness (QED) is 0.417. The Kier molecular flexibility index (Phi) is 0.787. The van der Waals surface area contributed by atoms with Gasteiger partial charge in [0.05, 0.1) is 0 Å². The van der Waals surface area contributed by atoms with Gasteiger partial charge in [-0.3, -0.25) is 0 Å². The van der Waals surface area contributed by atoms with E-state index in [0.29, 0.717) is 0 Å². The predicted octanol–water partition coefficient (Wildman–Crippen LogP) is 2.22. The molecule has 3 aliphatic rings. The third-order valence-corrected chi connectivity index (χ3v) is 2.82. The Morgan fingerprint density at radius 2 is 2.38 bits per heavy atom. The molecule has 0 aromatic carbocycles. The van der Waals surface area contributed by atoms with E-state index in [1.54, 1.807) is 0 Å². The number of allylic oxidation sites excluding steroid dienone is 2. The highest BCUT2D eigenvalue weighted by atomic mass is 14.4. The fourth-order valence-electron chi connectivity index (χ4n) is 1.93. The highest BCUT2D eigenvalue weighted by Gasteiger charge is 2.37. The number of fused-ring (bicyclic) bond motifs is 1. The number of hydrogen-bond donors (Lipinski definition) is 0. The second-order valence-electron chi connectivity index (χ2n) is 3.18. The molecule has 1 saturated carbocycles. The topological polar surface area (TPSA) is 0 Å². The summed E-state index contributed by atoms with van der Waals surface area (Å²) in [5, 5.41) is 0. The zero-order chi connectivity index (χ0) is 5.56. The van der Waals surface area contributed by atoms with Crippen molar-refractivity contribution in [2.24, 2.45) is 17.8 Å². The smallest absolute Gasteiger partial charge is 0.0202 e. The molecule has 44 valence electrons. The minimum absolute atomic E-state index is 0.966. The number of rotatable bonds is 0. The van der Waals surface area contributed by atoms with Crippen LogP contribution in [0.3, 0.4) is 0 Å². The second kappa shape index (κ2) is 1.37. The van der Waals surface area contributed by atoms with E-state index in [1.165, 1.54) is 12.8 Å². The first-order valence-electron chi connectivity index (χ1n) is 3.54. The van der Waals surface area contributed by atoms with Gasteiger partial charge in [0.1, 0.15) is 0 Å². The normalized spacial score (nSPS) is 50.9. The molecule has 0 aromatic rings. The summed E-state index contributed by atoms with van der Waals surface area (Å²) in [4.78, 5) is 0. The lowest BCUT2D eigenvalue weighted by molar-refractivity contribution is 0.115. The Balaban J connectivity index is 2.18. The van der Waals surface area contributed by atoms with Crippen molar-refractivity contribution in [2.45, 2.75) is 19.8 Å². The average molecular weight is 108 g/mol. The van der Waals surface area contributed by atoms with Gasteiger partial charge in [-0.2, -0.15) is 0 Å². The standard InChI is InChI=1S/C8H12/c1-6-7-3-2-4-8(6)5-7/h2-3,6-8H,4-5H2,1H3. The molecular weight excluding hydrogens is 96.1 g/mol. The zero-order valence-electron chi connectivity index (χ0n) is 5.30. The summed E-state index contributed by atoms with van der Waals surface area (Å²) in [6.45, 7) is 2.38. The van der Waals surface area contributed by atoms with Crippen molar-refractivity contribution in [1.29, 1.82) is 0 Å². The van der Waals surface area contributed by atoms with Gasteiger partial charge in [0, 0.05) is 0 Å². The molecule has 1 fully saturated rings. The molecule has 0 aliphatic heterocycles. The van der Waals surface area contributed by atoms with Gasteiger partial charge in [0.2, 0.25) is 0 Å². The third kappa shape index (κ3) is 0.410. The molecule has 0 heteroatoms. The Bertz CT molecular complexity index is 124. The Morgan fingerprint density at radius 1 is 1.50 bits per heavy atom. The van der Waals surface area contributed by atoms with E-state index in [-0.39, 0.29) is 0 Å². The lowest BCUT2D eigenvalue weighted by Gasteiger charge is -2.44. The molecule has 0 radical (unpaired) electrons. The van der Waals surface area contributed by atoms with E-state index in [4.69, 9.17) is 0 Å². The molecule has 0 heterocycles. The Morgan fingerprint density at radius 3 is 2.62 bits per heavy atom. The van der Waals surface area contributed by atoms with Gasteiger partial charge >= 0.3 is 0 Å². The van der Waals surface area contributed by atoms with Crippen LogP contribution in [0.15, 0.2) is 12.2 Å². The Hall–Kier alpha value is -0.260. The van der Waals surface area contributed by atoms with Crippen LogP contribution in [-0.2, 0) is 0 Å². The minimum Gasteiger partial charge on any atom is -0.0880 e. The van der Waals surface area contributed by atoms with Crippen LogP contribution in [0.4, 0.5) is 0 Å². The third-order valence-electron chi connectivity index (χ3n) is 2.82. The van der Waals surface area contributed by atoms with E-state index < -0.39 is 0 Å². The molecule has 0 amide bonds. The molecule has 8 heavy (non-hydrogen) atoms. The van der Waals surface area contributed by atoms with Crippen molar-refractivity contribution >= 4 is 0 Å². The van der Waals surface area contributed by atoms with E-state index in [9.17, 15) is 0 Å². The molecular formula is C8H12. The summed E-state index contributed by atoms with van der Waals surface area (Å²) in [6.07, 6.45) is 7.58. The maximum Gasteiger partial charge on any atom is -0.0202 e. The molecule has 0 saturated heterocycles. The van der Waals surface area contributed by atoms with Crippen molar-refractivity contribution in [3.05, 3.63) is 12.2 Å². The minimum atomic E-state index is 0.966. The predicted molar refractivity (Wildman–Crippen MR) is 34.5 cm³/mol. The summed E-state index contributed by atoms with van der Waals surface area (Å²) in [5.41, 5.74) is 0. The van der Waals surface area contributed by atoms with E-state index in [2.05, 4.69) is 19.1 Å². The van der Waals surface area contributed by atoms with Crippen LogP contribution in [0.5, 0.6) is 0 Å². The van der Waals surface area contributed by atoms with Gasteiger partial charge in [0.15, 0.2) is 0 Å². The maximum atomic E-state index is 2.39. The molecule has 0 N–H and O–H groups in total. The van der Waals surface area contributed by atoms with Crippen LogP contribution < -0.4 is 0 Å². The van der Waals surface area contributed by atoms with Gasteiger partial charge in [-0.1, -0.05) is 19.1 Å². The Labute approximate surface area is 50.6 Å². The van der Waals surface area contributed by atoms with E-state index >= 15 is 0 Å². The summed E-state index contributed by atoms with van der Waals surface area (Å²) in [7, 11) is 0. The van der Waals surface area contributed by atoms with Crippen LogP contribution in [-0.4, -0.2) is 0 Å². The fraction of sp³-hybridized carbons (Fsp3) is 0.750. The van der Waals surface area contributed by atoms with E-state index in [1.807, 2.05) is 0 Å². The molecule has 3 atom stereocenters. The van der Waals surface area contributed by atoms with Gasteiger partial charge in [0.25, 0.3) is 0 Å². The monoisotopic (exact) mass is 108 g/mol. The van der Waals surface area contributed by atoms with Gasteiger partial charge in [-0.25, -0.2) is 0 Å². The highest BCUT2D eigenvalue weighted by molar-refractivity contribution is 5.07. The van der Waals surface area contributed by atoms with Gasteiger partial charge < -0.3 is 0 Å². The van der Waals surface area contributed by atoms with Crippen LogP contribution in [0.2, 0.25) is 0 Å². The molecule has 3 unspecified atom stereocenters. The van der Waals surface area contributed by atoms with Crippen LogP contribution in [0.1, 0.15) is 19.8 Å². The molecule has 0 spiro atoms. The van der Waals surface area contributed by atoms with Crippen molar-refractivity contribution < 1.29 is 0 Å². The van der Waals surface area contributed by atoms with Crippen molar-refractivity contribution in [3.8, 4) is 0 Å². The van der Waals surface area contributed by atoms with E-state index in [0.717, 1.165) is 17.8 Å². The molecule has 3 rings (SSSR count). The summed E-state index contributed by atoms with van der Waals surface area (Å²) in [5.74, 6) is 3.04. The first-order chi connectivity index (χ1) is 3.88. The summed E-state index contributed by atoms with van der Waals surface area (Å²) >= 11 is 0. The van der Waals surface area contributed by atoms with Crippen LogP contribution in [0, 0.1) is 17.8 Å². The van der Waals surface area contributed by atoms with Crippen LogP contribution >= 0.6 is 0 Å². The molecule has 0 aromatic heterocycles. The maximum absolute atomic E-state index is 2.39. The fourth-order valence-corrected chi connectivity index (χ4v) is 1.93. The van der Waals surface area contributed by atoms with Crippen molar-refractivity contribution in [1.82, 2.24) is 0 Å². The molecule has 0 nitrogen and oxygen atoms in total. The first kappa shape index (κ1) is 4.60. The van der Waals surface area contributed by atoms with Gasteiger partial charge in [-0.15, -0.1) is 0 Å². The SMILES string of the molecule is CC1C2C=CCC1C2. The number of hydrogen-bond acceptors (Lipinski definition) is 0. The highest BCUT2D eigenvalue weighted by Crippen LogP contribution is 2.46. The molecule has 3 aliphatic carbocycles. The first-order valence-corrected chi connectivity index (χ1v) is 3.54. The average Bonchev–Trinajstić information content (AvgIpc) is 1.89. The van der Waals surface area contributed by atoms with Crippen molar-refractivity contribution in [3.63, 3.8) is 0 Å². The summed E-state index contributed by atoms with van der Waals surface area (Å²) < 4.78 is 0. The lowest BCUT2D eigenvalue weighted by Crippen LogP contribution is -2.35. The van der Waals surface area contributed by atoms with Crippen molar-refractivity contribution in [2.75, 3.05) is 0 Å². The largest absolute Gasteiger partial charge is 0.0880 e. The van der Waals surface area contributed by atoms with Gasteiger partial charge in [-0.05, 0) is 30.6 Å². The summed E-state index contributed by atoms with van der Waals surface area (Å²) in [6, 6.07) is 0. The lowest BCUT2D eigenvalue weighted by atomic mass is 9.61. The zero-order valence-corrected chi connectivity index (χ0v) is 5.30. The van der Waals surface area contributed by atoms with Crippen LogP contribution in [0.25, 0.3) is 0 Å². The molecule has 2 bridgehead atoms.